The predicted molar refractivity (Wildman–Crippen MR) is 62.4 cm³/mol. The minimum atomic E-state index is -3.83. The van der Waals surface area contributed by atoms with Crippen molar-refractivity contribution in [2.24, 2.45) is 7.05 Å². The van der Waals surface area contributed by atoms with E-state index in [1.54, 1.807) is 0 Å². The summed E-state index contributed by atoms with van der Waals surface area (Å²) in [6, 6.07) is 1.37. The lowest BCUT2D eigenvalue weighted by Gasteiger charge is -2.29. The summed E-state index contributed by atoms with van der Waals surface area (Å²) in [5.41, 5.74) is -1.37. The summed E-state index contributed by atoms with van der Waals surface area (Å²) in [5.74, 6) is -1.12. The van der Waals surface area contributed by atoms with E-state index >= 15 is 0 Å². The molecule has 0 amide bonds. The highest BCUT2D eigenvalue weighted by Gasteiger charge is 2.50. The van der Waals surface area contributed by atoms with Gasteiger partial charge in [0.25, 0.3) is 10.0 Å². The van der Waals surface area contributed by atoms with Crippen molar-refractivity contribution >= 4 is 16.0 Å². The Morgan fingerprint density at radius 1 is 1.56 bits per heavy atom. The molecule has 7 nitrogen and oxygen atoms in total. The monoisotopic (exact) mass is 273 g/mol. The molecule has 8 heteroatoms. The molecule has 0 aromatic carbocycles. The van der Waals surface area contributed by atoms with Gasteiger partial charge in [0.05, 0.1) is 6.20 Å². The molecule has 1 aromatic rings. The van der Waals surface area contributed by atoms with Crippen LogP contribution in [0.3, 0.4) is 0 Å². The first-order valence-electron chi connectivity index (χ1n) is 5.54. The van der Waals surface area contributed by atoms with E-state index in [9.17, 15) is 18.3 Å². The Morgan fingerprint density at radius 3 is 2.72 bits per heavy atom. The number of aliphatic carboxylic acids is 1. The fourth-order valence-electron chi connectivity index (χ4n) is 2.27. The van der Waals surface area contributed by atoms with Crippen LogP contribution >= 0.6 is 0 Å². The summed E-state index contributed by atoms with van der Waals surface area (Å²) in [6.45, 7) is 1.66. The topological polar surface area (TPSA) is 92.5 Å². The fourth-order valence-corrected chi connectivity index (χ4v) is 4.17. The lowest BCUT2D eigenvalue weighted by Crippen LogP contribution is -2.50. The predicted octanol–water partition coefficient (Wildman–Crippen LogP) is 0.0479. The average Bonchev–Trinajstić information content (AvgIpc) is 2.85. The second-order valence-corrected chi connectivity index (χ2v) is 6.36. The van der Waals surface area contributed by atoms with Crippen LogP contribution in [0.5, 0.6) is 0 Å². The standard InChI is InChI=1S/C10H15N3O4S/c1-10(9(14)15)5-3-7-13(10)18(16,17)8-4-6-11-12(8)2/h4,6H,3,5,7H2,1-2H3,(H,14,15). The van der Waals surface area contributed by atoms with Crippen molar-refractivity contribution in [2.75, 3.05) is 6.54 Å². The highest BCUT2D eigenvalue weighted by molar-refractivity contribution is 7.89. The molecule has 1 fully saturated rings. The molecule has 2 heterocycles. The van der Waals surface area contributed by atoms with Crippen LogP contribution in [0.2, 0.25) is 0 Å². The number of hydrogen-bond acceptors (Lipinski definition) is 4. The molecular formula is C10H15N3O4S. The summed E-state index contributed by atoms with van der Waals surface area (Å²) < 4.78 is 27.2. The average molecular weight is 273 g/mol. The Hall–Kier alpha value is -1.41. The summed E-state index contributed by atoms with van der Waals surface area (Å²) in [7, 11) is -2.31. The van der Waals surface area contributed by atoms with E-state index in [0.29, 0.717) is 12.8 Å². The van der Waals surface area contributed by atoms with Crippen LogP contribution in [0.15, 0.2) is 17.3 Å². The maximum Gasteiger partial charge on any atom is 0.324 e. The molecule has 1 atom stereocenters. The van der Waals surface area contributed by atoms with Crippen LogP contribution in [-0.4, -0.2) is 45.7 Å². The van der Waals surface area contributed by atoms with Crippen LogP contribution < -0.4 is 0 Å². The van der Waals surface area contributed by atoms with Gasteiger partial charge in [0, 0.05) is 13.6 Å². The maximum absolute atomic E-state index is 12.4. The lowest BCUT2D eigenvalue weighted by atomic mass is 10.0. The lowest BCUT2D eigenvalue weighted by molar-refractivity contribution is -0.146. The van der Waals surface area contributed by atoms with Crippen LogP contribution in [0, 0.1) is 0 Å². The molecule has 1 aliphatic rings. The van der Waals surface area contributed by atoms with Gasteiger partial charge < -0.3 is 5.11 Å². The van der Waals surface area contributed by atoms with Crippen LogP contribution in [0.1, 0.15) is 19.8 Å². The van der Waals surface area contributed by atoms with Gasteiger partial charge in [-0.1, -0.05) is 0 Å². The molecule has 18 heavy (non-hydrogen) atoms. The Balaban J connectivity index is 2.49. The quantitative estimate of drug-likeness (QED) is 0.840. The van der Waals surface area contributed by atoms with Crippen molar-refractivity contribution in [3.8, 4) is 0 Å². The molecule has 100 valence electrons. The van der Waals surface area contributed by atoms with Crippen molar-refractivity contribution in [2.45, 2.75) is 30.3 Å². The number of aromatic nitrogens is 2. The second kappa shape index (κ2) is 4.06. The van der Waals surface area contributed by atoms with Crippen LogP contribution in [-0.2, 0) is 21.9 Å². The van der Waals surface area contributed by atoms with Gasteiger partial charge in [-0.05, 0) is 25.8 Å². The zero-order valence-electron chi connectivity index (χ0n) is 10.2. The third kappa shape index (κ3) is 1.72. The normalized spacial score (nSPS) is 25.4. The number of sulfonamides is 1. The number of aryl methyl sites for hydroxylation is 1. The van der Waals surface area contributed by atoms with Gasteiger partial charge in [0.15, 0.2) is 5.03 Å². The van der Waals surface area contributed by atoms with Crippen molar-refractivity contribution < 1.29 is 18.3 Å². The van der Waals surface area contributed by atoms with E-state index in [0.717, 1.165) is 4.31 Å². The molecular weight excluding hydrogens is 258 g/mol. The zero-order valence-corrected chi connectivity index (χ0v) is 11.0. The van der Waals surface area contributed by atoms with Crippen molar-refractivity contribution in [3.63, 3.8) is 0 Å². The van der Waals surface area contributed by atoms with Crippen molar-refractivity contribution in [3.05, 3.63) is 12.3 Å². The number of rotatable bonds is 3. The van der Waals surface area contributed by atoms with Gasteiger partial charge in [-0.25, -0.2) is 8.42 Å². The van der Waals surface area contributed by atoms with Gasteiger partial charge >= 0.3 is 5.97 Å². The van der Waals surface area contributed by atoms with E-state index in [1.807, 2.05) is 0 Å². The van der Waals surface area contributed by atoms with Crippen LogP contribution in [0.4, 0.5) is 0 Å². The number of nitrogens with zero attached hydrogens (tertiary/aromatic N) is 3. The van der Waals surface area contributed by atoms with E-state index in [4.69, 9.17) is 0 Å². The first-order chi connectivity index (χ1) is 8.30. The van der Waals surface area contributed by atoms with E-state index in [2.05, 4.69) is 5.10 Å². The molecule has 0 aliphatic carbocycles. The molecule has 1 saturated heterocycles. The molecule has 0 bridgehead atoms. The van der Waals surface area contributed by atoms with E-state index < -0.39 is 21.5 Å². The smallest absolute Gasteiger partial charge is 0.324 e. The minimum Gasteiger partial charge on any atom is -0.480 e. The first kappa shape index (κ1) is 13.0. The first-order valence-corrected chi connectivity index (χ1v) is 6.98. The highest BCUT2D eigenvalue weighted by atomic mass is 32.2. The Labute approximate surface area is 105 Å². The summed E-state index contributed by atoms with van der Waals surface area (Å²) in [6.07, 6.45) is 2.24. The molecule has 1 unspecified atom stereocenters. The van der Waals surface area contributed by atoms with Gasteiger partial charge in [-0.2, -0.15) is 9.40 Å². The molecule has 1 aromatic heterocycles. The Bertz CT molecular complexity index is 580. The number of carboxylic acid groups (broad SMARTS) is 1. The van der Waals surface area contributed by atoms with Gasteiger partial charge in [-0.15, -0.1) is 0 Å². The summed E-state index contributed by atoms with van der Waals surface area (Å²) in [5, 5.41) is 13.1. The molecule has 0 radical (unpaired) electrons. The molecule has 1 N–H and O–H groups in total. The number of carbonyl (C=O) groups is 1. The molecule has 0 spiro atoms. The molecule has 2 rings (SSSR count). The summed E-state index contributed by atoms with van der Waals surface area (Å²) in [4.78, 5) is 11.3. The fraction of sp³-hybridized carbons (Fsp3) is 0.600. The summed E-state index contributed by atoms with van der Waals surface area (Å²) >= 11 is 0. The zero-order chi connectivity index (χ0) is 13.6. The molecule has 0 saturated carbocycles. The van der Waals surface area contributed by atoms with Crippen molar-refractivity contribution in [1.29, 1.82) is 0 Å². The van der Waals surface area contributed by atoms with Crippen molar-refractivity contribution in [1.82, 2.24) is 14.1 Å². The highest BCUT2D eigenvalue weighted by Crippen LogP contribution is 2.34. The third-order valence-electron chi connectivity index (χ3n) is 3.37. The largest absolute Gasteiger partial charge is 0.480 e. The van der Waals surface area contributed by atoms with Gasteiger partial charge in [0.1, 0.15) is 5.54 Å². The third-order valence-corrected chi connectivity index (χ3v) is 5.46. The van der Waals surface area contributed by atoms with E-state index in [-0.39, 0.29) is 11.6 Å². The van der Waals surface area contributed by atoms with Gasteiger partial charge in [-0.3, -0.25) is 9.48 Å². The second-order valence-electron chi connectivity index (χ2n) is 4.55. The minimum absolute atomic E-state index is 0.0110. The molecule has 1 aliphatic heterocycles. The number of hydrogen-bond donors (Lipinski definition) is 1. The Kier molecular flexibility index (Phi) is 2.94. The SMILES string of the molecule is Cn1nccc1S(=O)(=O)N1CCCC1(C)C(=O)O. The van der Waals surface area contributed by atoms with Crippen LogP contribution in [0.25, 0.3) is 0 Å². The Morgan fingerprint density at radius 2 is 2.22 bits per heavy atom. The van der Waals surface area contributed by atoms with E-state index in [1.165, 1.54) is 30.9 Å². The van der Waals surface area contributed by atoms with Gasteiger partial charge in [0.2, 0.25) is 0 Å². The maximum atomic E-state index is 12.4. The number of carboxylic acids is 1.